The first-order chi connectivity index (χ1) is 10.3. The van der Waals surface area contributed by atoms with E-state index < -0.39 is 0 Å². The van der Waals surface area contributed by atoms with Crippen molar-refractivity contribution >= 4 is 0 Å². The summed E-state index contributed by atoms with van der Waals surface area (Å²) in [6.07, 6.45) is 3.17. The van der Waals surface area contributed by atoms with Crippen LogP contribution in [0.1, 0.15) is 29.2 Å². The van der Waals surface area contributed by atoms with Gasteiger partial charge in [-0.1, -0.05) is 18.2 Å². The zero-order chi connectivity index (χ0) is 14.7. The summed E-state index contributed by atoms with van der Waals surface area (Å²) in [5, 5.41) is 13.1. The first-order valence-corrected chi connectivity index (χ1v) is 7.44. The third-order valence-corrected chi connectivity index (χ3v) is 4.17. The fourth-order valence-corrected chi connectivity index (χ4v) is 3.00. The number of hydrogen-bond acceptors (Lipinski definition) is 3. The predicted molar refractivity (Wildman–Crippen MR) is 83.9 cm³/mol. The van der Waals surface area contributed by atoms with Crippen LogP contribution in [-0.4, -0.2) is 18.8 Å². The molecule has 0 spiro atoms. The van der Waals surface area contributed by atoms with E-state index in [1.54, 1.807) is 13.2 Å². The largest absolute Gasteiger partial charge is 0.508 e. The first-order valence-electron chi connectivity index (χ1n) is 7.44. The molecule has 2 aromatic rings. The summed E-state index contributed by atoms with van der Waals surface area (Å²) in [7, 11) is 1.69. The molecule has 0 amide bonds. The Hall–Kier alpha value is -2.00. The van der Waals surface area contributed by atoms with Gasteiger partial charge in [0.1, 0.15) is 11.5 Å². The van der Waals surface area contributed by atoms with E-state index in [2.05, 4.69) is 17.4 Å². The molecule has 0 radical (unpaired) electrons. The van der Waals surface area contributed by atoms with Crippen LogP contribution in [0.25, 0.3) is 0 Å². The van der Waals surface area contributed by atoms with E-state index in [0.717, 1.165) is 31.6 Å². The second-order valence-corrected chi connectivity index (χ2v) is 5.53. The van der Waals surface area contributed by atoms with Crippen molar-refractivity contribution in [1.29, 1.82) is 0 Å². The summed E-state index contributed by atoms with van der Waals surface area (Å²) >= 11 is 0. The summed E-state index contributed by atoms with van der Waals surface area (Å²) in [6, 6.07) is 14.4. The molecule has 2 aromatic carbocycles. The van der Waals surface area contributed by atoms with Gasteiger partial charge in [-0.3, -0.25) is 0 Å². The maximum Gasteiger partial charge on any atom is 0.118 e. The van der Waals surface area contributed by atoms with E-state index in [0.29, 0.717) is 11.8 Å². The Morgan fingerprint density at radius 3 is 2.76 bits per heavy atom. The van der Waals surface area contributed by atoms with Crippen molar-refractivity contribution < 1.29 is 9.84 Å². The van der Waals surface area contributed by atoms with Crippen molar-refractivity contribution in [3.8, 4) is 11.5 Å². The molecule has 110 valence electrons. The lowest BCUT2D eigenvalue weighted by Crippen LogP contribution is -2.21. The van der Waals surface area contributed by atoms with Crippen LogP contribution in [0, 0.1) is 0 Å². The van der Waals surface area contributed by atoms with Gasteiger partial charge in [-0.2, -0.15) is 0 Å². The topological polar surface area (TPSA) is 41.5 Å². The van der Waals surface area contributed by atoms with Crippen molar-refractivity contribution in [2.24, 2.45) is 0 Å². The van der Waals surface area contributed by atoms with Crippen molar-refractivity contribution in [3.63, 3.8) is 0 Å². The van der Waals surface area contributed by atoms with Gasteiger partial charge in [0, 0.05) is 6.04 Å². The predicted octanol–water partition coefficient (Wildman–Crippen LogP) is 3.22. The van der Waals surface area contributed by atoms with E-state index in [1.807, 2.05) is 24.3 Å². The molecule has 21 heavy (non-hydrogen) atoms. The molecule has 1 unspecified atom stereocenters. The third kappa shape index (κ3) is 3.19. The van der Waals surface area contributed by atoms with Gasteiger partial charge in [-0.15, -0.1) is 0 Å². The minimum atomic E-state index is 0.368. The van der Waals surface area contributed by atoms with E-state index in [9.17, 15) is 5.11 Å². The Labute approximate surface area is 125 Å². The summed E-state index contributed by atoms with van der Waals surface area (Å²) in [5.74, 6) is 1.27. The number of phenols is 1. The second kappa shape index (κ2) is 6.19. The van der Waals surface area contributed by atoms with Crippen molar-refractivity contribution in [2.45, 2.75) is 25.3 Å². The highest BCUT2D eigenvalue weighted by atomic mass is 16.5. The number of hydrogen-bond donors (Lipinski definition) is 2. The van der Waals surface area contributed by atoms with Gasteiger partial charge >= 0.3 is 0 Å². The van der Waals surface area contributed by atoms with Gasteiger partial charge in [0.05, 0.1) is 7.11 Å². The summed E-state index contributed by atoms with van der Waals surface area (Å²) in [4.78, 5) is 0. The molecule has 2 N–H and O–H groups in total. The average Bonchev–Trinajstić information content (AvgIpc) is 2.90. The fourth-order valence-electron chi connectivity index (χ4n) is 3.00. The number of methoxy groups -OCH3 is 1. The Bertz CT molecular complexity index is 607. The Kier molecular flexibility index (Phi) is 4.11. The van der Waals surface area contributed by atoms with Crippen LogP contribution in [0.4, 0.5) is 0 Å². The van der Waals surface area contributed by atoms with Crippen LogP contribution in [0.3, 0.4) is 0 Å². The number of aromatic hydroxyl groups is 1. The molecule has 0 heterocycles. The third-order valence-electron chi connectivity index (χ3n) is 4.17. The summed E-state index contributed by atoms with van der Waals surface area (Å²) < 4.78 is 5.17. The van der Waals surface area contributed by atoms with Crippen LogP contribution < -0.4 is 10.1 Å². The number of aryl methyl sites for hydroxylation is 1. The normalized spacial score (nSPS) is 16.7. The number of nitrogens with one attached hydrogen (secondary N) is 1. The highest BCUT2D eigenvalue weighted by Crippen LogP contribution is 2.33. The highest BCUT2D eigenvalue weighted by Gasteiger charge is 2.21. The molecule has 1 aliphatic carbocycles. The van der Waals surface area contributed by atoms with Gasteiger partial charge in [0.15, 0.2) is 0 Å². The van der Waals surface area contributed by atoms with Crippen molar-refractivity contribution in [3.05, 3.63) is 59.2 Å². The molecule has 0 saturated heterocycles. The molecular formula is C18H21NO2. The lowest BCUT2D eigenvalue weighted by atomic mass is 10.1. The van der Waals surface area contributed by atoms with Crippen molar-refractivity contribution in [1.82, 2.24) is 5.32 Å². The number of benzene rings is 2. The fraction of sp³-hybridized carbons (Fsp3) is 0.333. The maximum absolute atomic E-state index is 9.52. The highest BCUT2D eigenvalue weighted by molar-refractivity contribution is 5.40. The maximum atomic E-state index is 9.52. The minimum Gasteiger partial charge on any atom is -0.508 e. The SMILES string of the molecule is COc1ccc(CCNC2CCc3cc(O)ccc32)cc1. The molecule has 0 fully saturated rings. The molecule has 1 aliphatic rings. The molecular weight excluding hydrogens is 262 g/mol. The smallest absolute Gasteiger partial charge is 0.118 e. The minimum absolute atomic E-state index is 0.368. The van der Waals surface area contributed by atoms with Crippen LogP contribution in [0.5, 0.6) is 11.5 Å². The van der Waals surface area contributed by atoms with Crippen LogP contribution in [-0.2, 0) is 12.8 Å². The molecule has 0 aromatic heterocycles. The van der Waals surface area contributed by atoms with Crippen molar-refractivity contribution in [2.75, 3.05) is 13.7 Å². The lowest BCUT2D eigenvalue weighted by molar-refractivity contribution is 0.414. The Morgan fingerprint density at radius 1 is 1.19 bits per heavy atom. The van der Waals surface area contributed by atoms with Gasteiger partial charge in [-0.25, -0.2) is 0 Å². The Morgan fingerprint density at radius 2 is 2.00 bits per heavy atom. The molecule has 0 saturated carbocycles. The standard InChI is InChI=1S/C18H21NO2/c1-21-16-6-2-13(3-7-16)10-11-19-18-9-4-14-12-15(20)5-8-17(14)18/h2-3,5-8,12,18-20H,4,9-11H2,1H3. The Balaban J connectivity index is 1.55. The summed E-state index contributed by atoms with van der Waals surface area (Å²) in [6.45, 7) is 0.956. The van der Waals surface area contributed by atoms with Gasteiger partial charge in [-0.05, 0) is 66.8 Å². The number of fused-ring (bicyclic) bond motifs is 1. The molecule has 3 rings (SSSR count). The monoisotopic (exact) mass is 283 g/mol. The number of rotatable bonds is 5. The number of ether oxygens (including phenoxy) is 1. The van der Waals surface area contributed by atoms with Gasteiger partial charge in [0.25, 0.3) is 0 Å². The lowest BCUT2D eigenvalue weighted by Gasteiger charge is -2.14. The zero-order valence-electron chi connectivity index (χ0n) is 12.3. The first kappa shape index (κ1) is 14.0. The van der Waals surface area contributed by atoms with Crippen LogP contribution in [0.2, 0.25) is 0 Å². The molecule has 0 aliphatic heterocycles. The van der Waals surface area contributed by atoms with E-state index in [-0.39, 0.29) is 0 Å². The van der Waals surface area contributed by atoms with Crippen LogP contribution >= 0.6 is 0 Å². The average molecular weight is 283 g/mol. The molecule has 3 nitrogen and oxygen atoms in total. The summed E-state index contributed by atoms with van der Waals surface area (Å²) in [5.41, 5.74) is 3.92. The van der Waals surface area contributed by atoms with E-state index in [4.69, 9.17) is 4.74 Å². The number of phenolic OH excluding ortho intramolecular Hbond substituents is 1. The second-order valence-electron chi connectivity index (χ2n) is 5.53. The van der Waals surface area contributed by atoms with Crippen LogP contribution in [0.15, 0.2) is 42.5 Å². The molecule has 0 bridgehead atoms. The van der Waals surface area contributed by atoms with E-state index in [1.165, 1.54) is 16.7 Å². The molecule has 3 heteroatoms. The quantitative estimate of drug-likeness (QED) is 0.885. The molecule has 1 atom stereocenters. The van der Waals surface area contributed by atoms with Gasteiger partial charge in [0.2, 0.25) is 0 Å². The van der Waals surface area contributed by atoms with E-state index >= 15 is 0 Å². The van der Waals surface area contributed by atoms with Gasteiger partial charge < -0.3 is 15.2 Å². The zero-order valence-corrected chi connectivity index (χ0v) is 12.3.